The van der Waals surface area contributed by atoms with Crippen molar-refractivity contribution in [3.05, 3.63) is 70.3 Å². The van der Waals surface area contributed by atoms with Gasteiger partial charge in [-0.25, -0.2) is 10.2 Å². The van der Waals surface area contributed by atoms with Crippen molar-refractivity contribution in [2.45, 2.75) is 0 Å². The number of nitro groups is 1. The third-order valence-electron chi connectivity index (χ3n) is 2.52. The van der Waals surface area contributed by atoms with Crippen LogP contribution in [0.25, 0.3) is 0 Å². The number of amides is 2. The molecule has 0 heterocycles. The van der Waals surface area contributed by atoms with Crippen LogP contribution >= 0.6 is 0 Å². The SMILES string of the molecule is O=C(N/N=C/c1ccccc1)Nc1ccc([N+](=O)[O-])cc1. The molecule has 0 saturated heterocycles. The van der Waals surface area contributed by atoms with Crippen molar-refractivity contribution < 1.29 is 9.72 Å². The highest BCUT2D eigenvalue weighted by Gasteiger charge is 2.05. The number of benzene rings is 2. The average Bonchev–Trinajstić information content (AvgIpc) is 2.49. The highest BCUT2D eigenvalue weighted by molar-refractivity contribution is 5.90. The molecular formula is C14H12N4O3. The minimum Gasteiger partial charge on any atom is -0.307 e. The van der Waals surface area contributed by atoms with Crippen LogP contribution in [0.15, 0.2) is 59.7 Å². The van der Waals surface area contributed by atoms with Gasteiger partial charge in [0.1, 0.15) is 0 Å². The number of anilines is 1. The summed E-state index contributed by atoms with van der Waals surface area (Å²) < 4.78 is 0. The molecule has 0 fully saturated rings. The zero-order chi connectivity index (χ0) is 15.1. The number of rotatable bonds is 4. The molecule has 2 aromatic carbocycles. The fourth-order valence-corrected chi connectivity index (χ4v) is 1.53. The largest absolute Gasteiger partial charge is 0.339 e. The maximum absolute atomic E-state index is 11.6. The van der Waals surface area contributed by atoms with E-state index in [0.29, 0.717) is 5.69 Å². The van der Waals surface area contributed by atoms with Crippen LogP contribution in [0.4, 0.5) is 16.2 Å². The van der Waals surface area contributed by atoms with Gasteiger partial charge in [-0.15, -0.1) is 0 Å². The third-order valence-corrected chi connectivity index (χ3v) is 2.52. The predicted octanol–water partition coefficient (Wildman–Crippen LogP) is 2.75. The van der Waals surface area contributed by atoms with Crippen molar-refractivity contribution in [1.82, 2.24) is 5.43 Å². The molecule has 2 rings (SSSR count). The second-order valence-electron chi connectivity index (χ2n) is 4.04. The molecule has 0 atom stereocenters. The first-order valence-corrected chi connectivity index (χ1v) is 6.05. The molecule has 0 aliphatic heterocycles. The van der Waals surface area contributed by atoms with E-state index in [9.17, 15) is 14.9 Å². The van der Waals surface area contributed by atoms with E-state index in [4.69, 9.17) is 0 Å². The monoisotopic (exact) mass is 284 g/mol. The number of nitrogens with one attached hydrogen (secondary N) is 2. The van der Waals surface area contributed by atoms with Crippen molar-refractivity contribution in [3.8, 4) is 0 Å². The zero-order valence-corrected chi connectivity index (χ0v) is 10.9. The summed E-state index contributed by atoms with van der Waals surface area (Å²) in [5.74, 6) is 0. The Morgan fingerprint density at radius 3 is 2.38 bits per heavy atom. The minimum atomic E-state index is -0.531. The van der Waals surface area contributed by atoms with Gasteiger partial charge in [0.25, 0.3) is 5.69 Å². The number of nitro benzene ring substituents is 1. The van der Waals surface area contributed by atoms with Crippen LogP contribution in [-0.2, 0) is 0 Å². The van der Waals surface area contributed by atoms with Gasteiger partial charge in [-0.1, -0.05) is 30.3 Å². The van der Waals surface area contributed by atoms with E-state index < -0.39 is 11.0 Å². The first-order valence-electron chi connectivity index (χ1n) is 6.05. The average molecular weight is 284 g/mol. The quantitative estimate of drug-likeness (QED) is 0.513. The number of carbonyl (C=O) groups is 1. The van der Waals surface area contributed by atoms with Gasteiger partial charge in [-0.2, -0.15) is 5.10 Å². The van der Waals surface area contributed by atoms with Gasteiger partial charge in [0.2, 0.25) is 0 Å². The molecule has 7 nitrogen and oxygen atoms in total. The Hall–Kier alpha value is -3.22. The Morgan fingerprint density at radius 2 is 1.76 bits per heavy atom. The van der Waals surface area contributed by atoms with Gasteiger partial charge < -0.3 is 5.32 Å². The van der Waals surface area contributed by atoms with Crippen LogP contribution in [0.2, 0.25) is 0 Å². The summed E-state index contributed by atoms with van der Waals surface area (Å²) in [5.41, 5.74) is 3.56. The van der Waals surface area contributed by atoms with Gasteiger partial charge in [-0.3, -0.25) is 10.1 Å². The standard InChI is InChI=1S/C14H12N4O3/c19-14(17-15-10-11-4-2-1-3-5-11)16-12-6-8-13(9-7-12)18(20)21/h1-10H,(H2,16,17,19)/b15-10+. The summed E-state index contributed by atoms with van der Waals surface area (Å²) in [6.07, 6.45) is 1.51. The Bertz CT molecular complexity index is 654. The molecule has 0 aliphatic carbocycles. The molecule has 21 heavy (non-hydrogen) atoms. The third kappa shape index (κ3) is 4.43. The van der Waals surface area contributed by atoms with Crippen molar-refractivity contribution in [2.75, 3.05) is 5.32 Å². The smallest absolute Gasteiger partial charge is 0.307 e. The van der Waals surface area contributed by atoms with Crippen molar-refractivity contribution in [1.29, 1.82) is 0 Å². The number of hydrazone groups is 1. The number of non-ortho nitro benzene ring substituents is 1. The molecule has 2 aromatic rings. The van der Waals surface area contributed by atoms with Crippen LogP contribution in [0.5, 0.6) is 0 Å². The highest BCUT2D eigenvalue weighted by atomic mass is 16.6. The Labute approximate surface area is 120 Å². The van der Waals surface area contributed by atoms with E-state index in [1.54, 1.807) is 0 Å². The maximum atomic E-state index is 11.6. The molecule has 2 N–H and O–H groups in total. The Morgan fingerprint density at radius 1 is 1.10 bits per heavy atom. The second kappa shape index (κ2) is 6.80. The summed E-state index contributed by atoms with van der Waals surface area (Å²) in [6.45, 7) is 0. The number of hydrogen-bond donors (Lipinski definition) is 2. The van der Waals surface area contributed by atoms with Crippen molar-refractivity contribution >= 4 is 23.6 Å². The van der Waals surface area contributed by atoms with E-state index in [1.807, 2.05) is 30.3 Å². The van der Waals surface area contributed by atoms with Crippen LogP contribution in [0.3, 0.4) is 0 Å². The number of carbonyl (C=O) groups excluding carboxylic acids is 1. The van der Waals surface area contributed by atoms with Crippen LogP contribution in [0, 0.1) is 10.1 Å². The lowest BCUT2D eigenvalue weighted by Gasteiger charge is -2.03. The zero-order valence-electron chi connectivity index (χ0n) is 10.9. The van der Waals surface area contributed by atoms with E-state index in [2.05, 4.69) is 15.8 Å². The fraction of sp³-hybridized carbons (Fsp3) is 0. The fourth-order valence-electron chi connectivity index (χ4n) is 1.53. The van der Waals surface area contributed by atoms with Crippen molar-refractivity contribution in [3.63, 3.8) is 0 Å². The molecule has 0 unspecified atom stereocenters. The van der Waals surface area contributed by atoms with Gasteiger partial charge in [0.05, 0.1) is 11.1 Å². The molecule has 2 amide bonds. The van der Waals surface area contributed by atoms with Crippen LogP contribution in [0.1, 0.15) is 5.56 Å². The molecule has 0 saturated carbocycles. The summed E-state index contributed by atoms with van der Waals surface area (Å²) in [6, 6.07) is 14.3. The van der Waals surface area contributed by atoms with E-state index in [0.717, 1.165) is 5.56 Å². The second-order valence-corrected chi connectivity index (χ2v) is 4.04. The lowest BCUT2D eigenvalue weighted by molar-refractivity contribution is -0.384. The highest BCUT2D eigenvalue weighted by Crippen LogP contribution is 2.15. The lowest BCUT2D eigenvalue weighted by Crippen LogP contribution is -2.24. The Kier molecular flexibility index (Phi) is 4.60. The first kappa shape index (κ1) is 14.2. The van der Waals surface area contributed by atoms with Crippen LogP contribution < -0.4 is 10.7 Å². The first-order chi connectivity index (χ1) is 10.1. The topological polar surface area (TPSA) is 96.6 Å². The summed E-state index contributed by atoms with van der Waals surface area (Å²) >= 11 is 0. The molecule has 0 aromatic heterocycles. The van der Waals surface area contributed by atoms with Gasteiger partial charge in [0.15, 0.2) is 0 Å². The summed E-state index contributed by atoms with van der Waals surface area (Å²) in [4.78, 5) is 21.5. The molecule has 106 valence electrons. The number of hydrogen-bond acceptors (Lipinski definition) is 4. The van der Waals surface area contributed by atoms with E-state index >= 15 is 0 Å². The number of urea groups is 1. The molecule has 7 heteroatoms. The Balaban J connectivity index is 1.87. The number of nitrogens with zero attached hydrogens (tertiary/aromatic N) is 2. The van der Waals surface area contributed by atoms with Crippen LogP contribution in [-0.4, -0.2) is 17.2 Å². The van der Waals surface area contributed by atoms with Gasteiger partial charge in [0, 0.05) is 17.8 Å². The van der Waals surface area contributed by atoms with E-state index in [1.165, 1.54) is 30.5 Å². The lowest BCUT2D eigenvalue weighted by atomic mass is 10.2. The molecule has 0 aliphatic rings. The summed E-state index contributed by atoms with van der Waals surface area (Å²) in [5, 5.41) is 16.8. The minimum absolute atomic E-state index is 0.0388. The van der Waals surface area contributed by atoms with E-state index in [-0.39, 0.29) is 5.69 Å². The summed E-state index contributed by atoms with van der Waals surface area (Å²) in [7, 11) is 0. The molecule has 0 bridgehead atoms. The molecule has 0 radical (unpaired) electrons. The molecular weight excluding hydrogens is 272 g/mol. The van der Waals surface area contributed by atoms with Crippen molar-refractivity contribution in [2.24, 2.45) is 5.10 Å². The maximum Gasteiger partial charge on any atom is 0.339 e. The normalized spacial score (nSPS) is 10.3. The van der Waals surface area contributed by atoms with Gasteiger partial charge in [-0.05, 0) is 17.7 Å². The predicted molar refractivity (Wildman–Crippen MR) is 79.3 cm³/mol. The molecule has 0 spiro atoms. The van der Waals surface area contributed by atoms with Gasteiger partial charge >= 0.3 is 6.03 Å².